The molecule has 0 spiro atoms. The molecule has 0 N–H and O–H groups in total. The van der Waals surface area contributed by atoms with Gasteiger partial charge in [0, 0.05) is 52.4 Å². The summed E-state index contributed by atoms with van der Waals surface area (Å²) in [7, 11) is 5.66. The third-order valence-electron chi connectivity index (χ3n) is 14.5. The lowest BCUT2D eigenvalue weighted by Crippen LogP contribution is -2.38. The van der Waals surface area contributed by atoms with E-state index in [2.05, 4.69) is 54.5 Å². The second kappa shape index (κ2) is 55.9. The number of carbonyl (C=O) groups is 4. The van der Waals surface area contributed by atoms with Gasteiger partial charge in [-0.1, -0.05) is 213 Å². The first-order valence-electron chi connectivity index (χ1n) is 31.0. The van der Waals surface area contributed by atoms with Crippen LogP contribution in [0.4, 0.5) is 0 Å². The van der Waals surface area contributed by atoms with E-state index in [9.17, 15) is 19.2 Å². The molecule has 73 heavy (non-hydrogen) atoms. The Morgan fingerprint density at radius 3 is 0.753 bits per heavy atom. The molecule has 0 aromatic heterocycles. The molecule has 0 atom stereocenters. The van der Waals surface area contributed by atoms with E-state index >= 15 is 0 Å². The molecule has 0 saturated heterocycles. The van der Waals surface area contributed by atoms with E-state index in [1.807, 2.05) is 0 Å². The molecule has 432 valence electrons. The van der Waals surface area contributed by atoms with Crippen molar-refractivity contribution in [2.75, 3.05) is 106 Å². The van der Waals surface area contributed by atoms with Crippen LogP contribution in [0.5, 0.6) is 0 Å². The Balaban J connectivity index is 4.75. The summed E-state index contributed by atoms with van der Waals surface area (Å²) in [5.41, 5.74) is 0. The summed E-state index contributed by atoms with van der Waals surface area (Å²) in [6, 6.07) is 0. The van der Waals surface area contributed by atoms with Gasteiger partial charge < -0.3 is 38.5 Å². The fraction of sp³-hybridized carbons (Fsp3) is 0.934. The minimum atomic E-state index is -0.247. The highest BCUT2D eigenvalue weighted by atomic mass is 16.5. The predicted octanol–water partition coefficient (Wildman–Crippen LogP) is 14.1. The fourth-order valence-electron chi connectivity index (χ4n) is 9.30. The molecule has 0 aromatic carbocycles. The Labute approximate surface area is 451 Å². The van der Waals surface area contributed by atoms with Gasteiger partial charge in [0.05, 0.1) is 52.6 Å². The van der Waals surface area contributed by atoms with Crippen molar-refractivity contribution in [1.29, 1.82) is 0 Å². The number of carbonyl (C=O) groups excluding carboxylic acids is 4. The zero-order chi connectivity index (χ0) is 53.5. The van der Waals surface area contributed by atoms with Gasteiger partial charge in [-0.05, 0) is 52.9 Å². The molecular weight excluding hydrogens is 917 g/mol. The van der Waals surface area contributed by atoms with Gasteiger partial charge in [0.2, 0.25) is 0 Å². The number of unbranched alkanes of at least 4 members (excludes halogenated alkanes) is 30. The molecule has 0 radical (unpaired) electrons. The van der Waals surface area contributed by atoms with Gasteiger partial charge in [0.25, 0.3) is 0 Å². The third kappa shape index (κ3) is 52.9. The molecule has 0 heterocycles. The maximum Gasteiger partial charge on any atom is 0.307 e. The molecule has 0 aliphatic heterocycles. The Bertz CT molecular complexity index is 1180. The monoisotopic (exact) mass is 1040 g/mol. The van der Waals surface area contributed by atoms with Crippen LogP contribution < -0.4 is 0 Å². The molecule has 0 fully saturated rings. The molecule has 0 unspecified atom stereocenters. The second-order valence-corrected chi connectivity index (χ2v) is 21.5. The molecule has 0 aliphatic carbocycles. The molecule has 0 bridgehead atoms. The average molecular weight is 1040 g/mol. The topological polar surface area (TPSA) is 118 Å². The number of hydrogen-bond donors (Lipinski definition) is 0. The van der Waals surface area contributed by atoms with Crippen LogP contribution in [0.2, 0.25) is 0 Å². The minimum Gasteiger partial charge on any atom is -0.469 e. The van der Waals surface area contributed by atoms with Crippen LogP contribution in [0, 0.1) is 0 Å². The fourth-order valence-corrected chi connectivity index (χ4v) is 9.30. The SMILES string of the molecule is CCCCCCCCCCCCCOC(=O)CCN(CCC(=O)OC)CCN(C)CCCN(C)CCN(CCC(=O)OCCCCCCCCCCCCC)CCC(=O)OCCCCCCCCCCCCC. The first-order chi connectivity index (χ1) is 35.6. The first-order valence-corrected chi connectivity index (χ1v) is 31.0. The molecule has 12 heteroatoms. The molecule has 0 aliphatic rings. The summed E-state index contributed by atoms with van der Waals surface area (Å²) in [6.07, 6.45) is 43.8. The Morgan fingerprint density at radius 1 is 0.274 bits per heavy atom. The van der Waals surface area contributed by atoms with Crippen molar-refractivity contribution in [1.82, 2.24) is 19.6 Å². The van der Waals surface area contributed by atoms with Crippen molar-refractivity contribution in [2.45, 2.75) is 265 Å². The van der Waals surface area contributed by atoms with Gasteiger partial charge >= 0.3 is 23.9 Å². The van der Waals surface area contributed by atoms with Gasteiger partial charge in [-0.25, -0.2) is 0 Å². The Morgan fingerprint density at radius 2 is 0.507 bits per heavy atom. The van der Waals surface area contributed by atoms with Gasteiger partial charge in [-0.15, -0.1) is 0 Å². The van der Waals surface area contributed by atoms with E-state index in [1.54, 1.807) is 0 Å². The summed E-state index contributed by atoms with van der Waals surface area (Å²) < 4.78 is 21.8. The van der Waals surface area contributed by atoms with Gasteiger partial charge in [0.1, 0.15) is 0 Å². The summed E-state index contributed by atoms with van der Waals surface area (Å²) in [6.45, 7) is 15.4. The van der Waals surface area contributed by atoms with Crippen molar-refractivity contribution in [3.8, 4) is 0 Å². The summed E-state index contributed by atoms with van der Waals surface area (Å²) >= 11 is 0. The molecule has 0 rings (SSSR count). The zero-order valence-corrected chi connectivity index (χ0v) is 49.1. The number of methoxy groups -OCH3 is 1. The molecule has 0 saturated carbocycles. The van der Waals surface area contributed by atoms with Crippen LogP contribution in [0.3, 0.4) is 0 Å². The lowest BCUT2D eigenvalue weighted by atomic mass is 10.1. The van der Waals surface area contributed by atoms with E-state index in [1.165, 1.54) is 180 Å². The van der Waals surface area contributed by atoms with Crippen molar-refractivity contribution in [3.63, 3.8) is 0 Å². The minimum absolute atomic E-state index is 0.161. The highest BCUT2D eigenvalue weighted by molar-refractivity contribution is 5.70. The number of nitrogens with zero attached hydrogens (tertiary/aromatic N) is 4. The van der Waals surface area contributed by atoms with Crippen LogP contribution >= 0.6 is 0 Å². The lowest BCUT2D eigenvalue weighted by Gasteiger charge is -2.27. The normalized spacial score (nSPS) is 11.6. The van der Waals surface area contributed by atoms with Crippen LogP contribution in [0.25, 0.3) is 0 Å². The zero-order valence-electron chi connectivity index (χ0n) is 49.1. The number of likely N-dealkylation sites (N-methyl/N-ethyl adjacent to an activating group) is 2. The lowest BCUT2D eigenvalue weighted by molar-refractivity contribution is -0.145. The van der Waals surface area contributed by atoms with Gasteiger partial charge in [-0.2, -0.15) is 0 Å². The van der Waals surface area contributed by atoms with E-state index in [0.717, 1.165) is 84.2 Å². The smallest absolute Gasteiger partial charge is 0.307 e. The average Bonchev–Trinajstić information content (AvgIpc) is 3.38. The summed E-state index contributed by atoms with van der Waals surface area (Å²) in [4.78, 5) is 59.2. The standard InChI is InChI=1S/C61H120N4O8/c1-7-10-13-16-19-22-25-28-31-34-37-55-71-59(67)42-48-64(47-41-58(66)70-6)53-51-62(4)45-40-46-63(5)52-54-65(49-43-60(68)72-56-38-35-32-29-26-23-20-17-14-11-8-2)50-44-61(69)73-57-39-36-33-30-27-24-21-18-15-12-9-3/h7-57H2,1-6H3. The van der Waals surface area contributed by atoms with Crippen LogP contribution in [-0.4, -0.2) is 150 Å². The summed E-state index contributed by atoms with van der Waals surface area (Å²) in [5.74, 6) is -0.740. The largest absolute Gasteiger partial charge is 0.469 e. The van der Waals surface area contributed by atoms with Crippen LogP contribution in [0.1, 0.15) is 265 Å². The Kier molecular flexibility index (Phi) is 54.2. The third-order valence-corrected chi connectivity index (χ3v) is 14.5. The van der Waals surface area contributed by atoms with Crippen molar-refractivity contribution >= 4 is 23.9 Å². The quantitative estimate of drug-likeness (QED) is 0.0328. The van der Waals surface area contributed by atoms with Crippen molar-refractivity contribution in [2.24, 2.45) is 0 Å². The number of ether oxygens (including phenoxy) is 4. The van der Waals surface area contributed by atoms with Crippen molar-refractivity contribution < 1.29 is 38.1 Å². The predicted molar refractivity (Wildman–Crippen MR) is 305 cm³/mol. The summed E-state index contributed by atoms with van der Waals surface area (Å²) in [5, 5.41) is 0. The molecule has 0 aromatic rings. The van der Waals surface area contributed by atoms with Crippen LogP contribution in [0.15, 0.2) is 0 Å². The highest BCUT2D eigenvalue weighted by Crippen LogP contribution is 2.14. The van der Waals surface area contributed by atoms with Crippen molar-refractivity contribution in [3.05, 3.63) is 0 Å². The van der Waals surface area contributed by atoms with E-state index < -0.39 is 0 Å². The van der Waals surface area contributed by atoms with E-state index in [-0.39, 0.29) is 30.3 Å². The van der Waals surface area contributed by atoms with Crippen LogP contribution in [-0.2, 0) is 38.1 Å². The molecular formula is C61H120N4O8. The van der Waals surface area contributed by atoms with E-state index in [4.69, 9.17) is 18.9 Å². The molecule has 12 nitrogen and oxygen atoms in total. The Hall–Kier alpha value is -2.28. The van der Waals surface area contributed by atoms with Gasteiger partial charge in [0.15, 0.2) is 0 Å². The second-order valence-electron chi connectivity index (χ2n) is 21.5. The molecule has 0 amide bonds. The highest BCUT2D eigenvalue weighted by Gasteiger charge is 2.16. The maximum absolute atomic E-state index is 12.8. The van der Waals surface area contributed by atoms with E-state index in [0.29, 0.717) is 65.3 Å². The number of rotatable bonds is 58. The first kappa shape index (κ1) is 70.7. The maximum atomic E-state index is 12.8. The van der Waals surface area contributed by atoms with Gasteiger partial charge in [-0.3, -0.25) is 19.2 Å². The number of hydrogen-bond acceptors (Lipinski definition) is 12. The number of esters is 4.